The fourth-order valence-electron chi connectivity index (χ4n) is 3.06. The molecule has 3 aromatic rings. The Kier molecular flexibility index (Phi) is 7.80. The molecular weight excluding hydrogens is 446 g/mol. The average Bonchev–Trinajstić information content (AvgIpc) is 2.74. The van der Waals surface area contributed by atoms with Gasteiger partial charge in [-0.2, -0.15) is 9.41 Å². The molecule has 0 radical (unpaired) electrons. The van der Waals surface area contributed by atoms with Crippen LogP contribution in [-0.2, 0) is 21.4 Å². The zero-order chi connectivity index (χ0) is 23.1. The molecular formula is C24H24ClN3O3S. The van der Waals surface area contributed by atoms with E-state index in [9.17, 15) is 13.2 Å². The van der Waals surface area contributed by atoms with Crippen LogP contribution in [0.15, 0.2) is 82.8 Å². The summed E-state index contributed by atoms with van der Waals surface area (Å²) in [5.41, 5.74) is 5.84. The summed E-state index contributed by atoms with van der Waals surface area (Å²) in [6.45, 7) is 3.49. The molecule has 0 bridgehead atoms. The zero-order valence-corrected chi connectivity index (χ0v) is 19.4. The Bertz CT molecular complexity index is 1230. The van der Waals surface area contributed by atoms with E-state index in [-0.39, 0.29) is 18.0 Å². The summed E-state index contributed by atoms with van der Waals surface area (Å²) in [5.74, 6) is -0.549. The first-order valence-electron chi connectivity index (χ1n) is 9.94. The molecule has 6 nitrogen and oxygen atoms in total. The molecule has 1 amide bonds. The van der Waals surface area contributed by atoms with Gasteiger partial charge in [-0.15, -0.1) is 0 Å². The van der Waals surface area contributed by atoms with Gasteiger partial charge in [0.15, 0.2) is 0 Å². The third-order valence-corrected chi connectivity index (χ3v) is 6.71. The second-order valence-corrected chi connectivity index (χ2v) is 9.80. The fraction of sp³-hybridized carbons (Fsp3) is 0.167. The van der Waals surface area contributed by atoms with E-state index in [1.54, 1.807) is 48.5 Å². The molecule has 8 heteroatoms. The number of carbonyl (C=O) groups is 1. The van der Waals surface area contributed by atoms with Gasteiger partial charge in [-0.3, -0.25) is 4.79 Å². The lowest BCUT2D eigenvalue weighted by molar-refractivity contribution is -0.121. The molecule has 3 rings (SSSR count). The van der Waals surface area contributed by atoms with Crippen LogP contribution < -0.4 is 5.43 Å². The quantitative estimate of drug-likeness (QED) is 0.394. The van der Waals surface area contributed by atoms with Crippen molar-refractivity contribution in [1.29, 1.82) is 0 Å². The fourth-order valence-corrected chi connectivity index (χ4v) is 4.64. The molecule has 0 aliphatic heterocycles. The first-order valence-corrected chi connectivity index (χ1v) is 11.8. The number of hydrogen-bond acceptors (Lipinski definition) is 4. The molecule has 0 aliphatic rings. The average molecular weight is 470 g/mol. The van der Waals surface area contributed by atoms with Crippen LogP contribution in [0, 0.1) is 13.8 Å². The maximum atomic E-state index is 13.3. The van der Waals surface area contributed by atoms with Gasteiger partial charge >= 0.3 is 0 Å². The summed E-state index contributed by atoms with van der Waals surface area (Å²) in [7, 11) is -3.90. The number of rotatable bonds is 8. The number of nitrogens with zero attached hydrogens (tertiary/aromatic N) is 2. The summed E-state index contributed by atoms with van der Waals surface area (Å²) in [6, 6.07) is 21.0. The minimum atomic E-state index is -3.90. The first-order chi connectivity index (χ1) is 15.2. The molecule has 0 fully saturated rings. The largest absolute Gasteiger partial charge is 0.272 e. The molecule has 0 heterocycles. The number of nitrogens with one attached hydrogen (secondary N) is 1. The van der Waals surface area contributed by atoms with Crippen molar-refractivity contribution >= 4 is 33.7 Å². The molecule has 0 aliphatic carbocycles. The van der Waals surface area contributed by atoms with Crippen LogP contribution in [-0.4, -0.2) is 31.4 Å². The monoisotopic (exact) mass is 469 g/mol. The maximum absolute atomic E-state index is 13.3. The standard InChI is InChI=1S/C24H24ClN3O3S/c1-18-9-11-23(12-10-18)32(30,31)28(16-21-7-3-5-19(2)13-21)17-24(29)27-26-15-20-6-4-8-22(25)14-20/h3-15H,16-17H2,1-2H3,(H,27,29)/b26-15-. The number of sulfonamides is 1. The van der Waals surface area contributed by atoms with E-state index in [1.807, 2.05) is 38.1 Å². The number of carbonyl (C=O) groups excluding carboxylic acids is 1. The predicted molar refractivity (Wildman–Crippen MR) is 127 cm³/mol. The Labute approximate surface area is 193 Å². The minimum absolute atomic E-state index is 0.0588. The summed E-state index contributed by atoms with van der Waals surface area (Å²) < 4.78 is 27.7. The van der Waals surface area contributed by atoms with Crippen molar-refractivity contribution in [2.24, 2.45) is 5.10 Å². The molecule has 166 valence electrons. The van der Waals surface area contributed by atoms with Crippen molar-refractivity contribution in [3.8, 4) is 0 Å². The normalized spacial score (nSPS) is 11.8. The lowest BCUT2D eigenvalue weighted by Gasteiger charge is -2.22. The van der Waals surface area contributed by atoms with E-state index in [4.69, 9.17) is 11.6 Å². The molecule has 0 spiro atoms. The van der Waals surface area contributed by atoms with Crippen LogP contribution in [0.4, 0.5) is 0 Å². The van der Waals surface area contributed by atoms with Gasteiger partial charge in [-0.1, -0.05) is 71.3 Å². The van der Waals surface area contributed by atoms with Crippen LogP contribution in [0.2, 0.25) is 5.02 Å². The van der Waals surface area contributed by atoms with E-state index in [2.05, 4.69) is 10.5 Å². The Balaban J connectivity index is 1.80. The Morgan fingerprint density at radius 1 is 1.00 bits per heavy atom. The van der Waals surface area contributed by atoms with Crippen molar-refractivity contribution in [2.75, 3.05) is 6.54 Å². The summed E-state index contributed by atoms with van der Waals surface area (Å²) in [4.78, 5) is 12.7. The van der Waals surface area contributed by atoms with Gasteiger partial charge in [0, 0.05) is 11.6 Å². The highest BCUT2D eigenvalue weighted by atomic mass is 35.5. The number of halogens is 1. The topological polar surface area (TPSA) is 78.8 Å². The molecule has 32 heavy (non-hydrogen) atoms. The maximum Gasteiger partial charge on any atom is 0.255 e. The second kappa shape index (κ2) is 10.5. The zero-order valence-electron chi connectivity index (χ0n) is 17.8. The third-order valence-electron chi connectivity index (χ3n) is 4.67. The minimum Gasteiger partial charge on any atom is -0.272 e. The molecule has 3 aromatic carbocycles. The number of amides is 1. The van der Waals surface area contributed by atoms with Crippen molar-refractivity contribution in [3.63, 3.8) is 0 Å². The van der Waals surface area contributed by atoms with Gasteiger partial charge in [0.25, 0.3) is 5.91 Å². The number of hydrogen-bond donors (Lipinski definition) is 1. The van der Waals surface area contributed by atoms with Gasteiger partial charge in [0.2, 0.25) is 10.0 Å². The van der Waals surface area contributed by atoms with E-state index in [0.717, 1.165) is 21.0 Å². The van der Waals surface area contributed by atoms with Crippen LogP contribution >= 0.6 is 11.6 Å². The lowest BCUT2D eigenvalue weighted by Crippen LogP contribution is -2.39. The van der Waals surface area contributed by atoms with Crippen molar-refractivity contribution in [1.82, 2.24) is 9.73 Å². The SMILES string of the molecule is Cc1ccc(S(=O)(=O)N(CC(=O)N/N=C\c2cccc(Cl)c2)Cc2cccc(C)c2)cc1. The van der Waals surface area contributed by atoms with Gasteiger partial charge in [0.05, 0.1) is 17.7 Å². The van der Waals surface area contributed by atoms with Crippen molar-refractivity contribution < 1.29 is 13.2 Å². The lowest BCUT2D eigenvalue weighted by atomic mass is 10.1. The van der Waals surface area contributed by atoms with Crippen LogP contribution in [0.3, 0.4) is 0 Å². The Morgan fingerprint density at radius 3 is 2.41 bits per heavy atom. The molecule has 0 aromatic heterocycles. The van der Waals surface area contributed by atoms with Crippen LogP contribution in [0.5, 0.6) is 0 Å². The van der Waals surface area contributed by atoms with Gasteiger partial charge < -0.3 is 0 Å². The molecule has 0 saturated heterocycles. The number of aryl methyl sites for hydroxylation is 2. The van der Waals surface area contributed by atoms with E-state index >= 15 is 0 Å². The number of benzene rings is 3. The van der Waals surface area contributed by atoms with Crippen LogP contribution in [0.25, 0.3) is 0 Å². The Hall–Kier alpha value is -3.00. The Morgan fingerprint density at radius 2 is 1.72 bits per heavy atom. The highest BCUT2D eigenvalue weighted by Gasteiger charge is 2.27. The highest BCUT2D eigenvalue weighted by molar-refractivity contribution is 7.89. The van der Waals surface area contributed by atoms with Crippen molar-refractivity contribution in [3.05, 3.63) is 100 Å². The summed E-state index contributed by atoms with van der Waals surface area (Å²) >= 11 is 5.94. The second-order valence-electron chi connectivity index (χ2n) is 7.42. The molecule has 0 unspecified atom stereocenters. The van der Waals surface area contributed by atoms with Crippen LogP contribution in [0.1, 0.15) is 22.3 Å². The first kappa shape index (κ1) is 23.7. The highest BCUT2D eigenvalue weighted by Crippen LogP contribution is 2.19. The van der Waals surface area contributed by atoms with Gasteiger partial charge in [-0.25, -0.2) is 13.8 Å². The number of hydrazone groups is 1. The summed E-state index contributed by atoms with van der Waals surface area (Å²) in [6.07, 6.45) is 1.45. The smallest absolute Gasteiger partial charge is 0.255 e. The van der Waals surface area contributed by atoms with Gasteiger partial charge in [-0.05, 0) is 49.2 Å². The molecule has 1 N–H and O–H groups in total. The molecule has 0 saturated carbocycles. The predicted octanol–water partition coefficient (Wildman–Crippen LogP) is 4.30. The van der Waals surface area contributed by atoms with E-state index in [0.29, 0.717) is 10.6 Å². The van der Waals surface area contributed by atoms with E-state index < -0.39 is 15.9 Å². The third kappa shape index (κ3) is 6.50. The van der Waals surface area contributed by atoms with Crippen molar-refractivity contribution in [2.45, 2.75) is 25.3 Å². The summed E-state index contributed by atoms with van der Waals surface area (Å²) in [5, 5.41) is 4.47. The molecule has 0 atom stereocenters. The van der Waals surface area contributed by atoms with Gasteiger partial charge in [0.1, 0.15) is 0 Å². The van der Waals surface area contributed by atoms with E-state index in [1.165, 1.54) is 6.21 Å².